The van der Waals surface area contributed by atoms with Gasteiger partial charge in [0.05, 0.1) is 11.2 Å². The molecule has 4 heteroatoms. The summed E-state index contributed by atoms with van der Waals surface area (Å²) in [6, 6.07) is 51.2. The van der Waals surface area contributed by atoms with Gasteiger partial charge in [0.15, 0.2) is 0 Å². The molecule has 0 aliphatic rings. The molecule has 0 radical (unpaired) electrons. The highest BCUT2D eigenvalue weighted by atomic mass is 16.3. The highest BCUT2D eigenvalue weighted by molar-refractivity contribution is 6.07. The van der Waals surface area contributed by atoms with E-state index in [1.165, 1.54) is 0 Å². The Hall–Kier alpha value is -6.00. The standard InChI is InChI=1S/C40H27N3O/c44-39-32(28-14-5-2-6-15-28)17-9-18-33(39)30-24-29(27-12-3-1-4-13-27)25-31(26-30)36-20-10-22-38(42-36)43-37-21-8-7-16-34(37)35-19-11-23-41-40(35)43/h1-26,44H. The number of nitrogens with zero attached hydrogens (tertiary/aromatic N) is 3. The quantitative estimate of drug-likeness (QED) is 0.226. The van der Waals surface area contributed by atoms with Gasteiger partial charge in [-0.2, -0.15) is 0 Å². The first-order valence-corrected chi connectivity index (χ1v) is 14.6. The van der Waals surface area contributed by atoms with E-state index in [-0.39, 0.29) is 5.75 Å². The van der Waals surface area contributed by atoms with E-state index in [2.05, 4.69) is 59.2 Å². The maximum absolute atomic E-state index is 11.6. The van der Waals surface area contributed by atoms with Crippen molar-refractivity contribution in [3.05, 3.63) is 158 Å². The average molecular weight is 566 g/mol. The van der Waals surface area contributed by atoms with Crippen molar-refractivity contribution in [1.29, 1.82) is 0 Å². The minimum absolute atomic E-state index is 0.257. The van der Waals surface area contributed by atoms with Gasteiger partial charge in [-0.3, -0.25) is 4.57 Å². The lowest BCUT2D eigenvalue weighted by atomic mass is 9.92. The van der Waals surface area contributed by atoms with Crippen molar-refractivity contribution >= 4 is 21.9 Å². The minimum Gasteiger partial charge on any atom is -0.507 e. The van der Waals surface area contributed by atoms with Crippen LogP contribution < -0.4 is 0 Å². The van der Waals surface area contributed by atoms with Gasteiger partial charge < -0.3 is 5.11 Å². The minimum atomic E-state index is 0.257. The zero-order valence-corrected chi connectivity index (χ0v) is 23.8. The summed E-state index contributed by atoms with van der Waals surface area (Å²) in [5, 5.41) is 13.8. The molecule has 0 spiro atoms. The van der Waals surface area contributed by atoms with E-state index >= 15 is 0 Å². The number of hydrogen-bond acceptors (Lipinski definition) is 3. The zero-order valence-electron chi connectivity index (χ0n) is 23.8. The van der Waals surface area contributed by atoms with Crippen molar-refractivity contribution in [3.63, 3.8) is 0 Å². The molecule has 5 aromatic carbocycles. The highest BCUT2D eigenvalue weighted by Gasteiger charge is 2.16. The molecule has 8 rings (SSSR count). The molecule has 3 aromatic heterocycles. The van der Waals surface area contributed by atoms with Crippen LogP contribution in [0.5, 0.6) is 5.75 Å². The van der Waals surface area contributed by atoms with E-state index in [1.807, 2.05) is 103 Å². The van der Waals surface area contributed by atoms with Gasteiger partial charge in [0.2, 0.25) is 0 Å². The van der Waals surface area contributed by atoms with Crippen molar-refractivity contribution in [2.75, 3.05) is 0 Å². The Labute approximate surface area is 255 Å². The van der Waals surface area contributed by atoms with Crippen molar-refractivity contribution in [1.82, 2.24) is 14.5 Å². The van der Waals surface area contributed by atoms with E-state index in [1.54, 1.807) is 0 Å². The van der Waals surface area contributed by atoms with Gasteiger partial charge in [-0.25, -0.2) is 9.97 Å². The van der Waals surface area contributed by atoms with E-state index in [4.69, 9.17) is 9.97 Å². The molecule has 3 heterocycles. The monoisotopic (exact) mass is 565 g/mol. The number of aromatic hydroxyl groups is 1. The fourth-order valence-electron chi connectivity index (χ4n) is 6.09. The second-order valence-corrected chi connectivity index (χ2v) is 10.8. The van der Waals surface area contributed by atoms with Gasteiger partial charge in [-0.1, -0.05) is 103 Å². The number of hydrogen-bond donors (Lipinski definition) is 1. The number of para-hydroxylation sites is 2. The van der Waals surface area contributed by atoms with Crippen LogP contribution in [-0.4, -0.2) is 19.6 Å². The lowest BCUT2D eigenvalue weighted by Crippen LogP contribution is -1.99. The van der Waals surface area contributed by atoms with Crippen LogP contribution >= 0.6 is 0 Å². The first kappa shape index (κ1) is 25.7. The average Bonchev–Trinajstić information content (AvgIpc) is 3.43. The van der Waals surface area contributed by atoms with Crippen molar-refractivity contribution < 1.29 is 5.11 Å². The molecule has 0 unspecified atom stereocenters. The molecule has 0 saturated carbocycles. The molecule has 0 aliphatic heterocycles. The van der Waals surface area contributed by atoms with Crippen LogP contribution in [0.15, 0.2) is 158 Å². The third-order valence-corrected chi connectivity index (χ3v) is 8.16. The first-order valence-electron chi connectivity index (χ1n) is 14.6. The predicted molar refractivity (Wildman–Crippen MR) is 180 cm³/mol. The zero-order chi connectivity index (χ0) is 29.5. The van der Waals surface area contributed by atoms with Crippen molar-refractivity contribution in [3.8, 4) is 56.2 Å². The fraction of sp³-hybridized carbons (Fsp3) is 0. The van der Waals surface area contributed by atoms with Gasteiger partial charge in [-0.15, -0.1) is 0 Å². The predicted octanol–water partition coefficient (Wildman–Crippen LogP) is 9.95. The van der Waals surface area contributed by atoms with Crippen LogP contribution in [0.25, 0.3) is 72.4 Å². The molecule has 0 aliphatic carbocycles. The molecule has 0 amide bonds. The summed E-state index contributed by atoms with van der Waals surface area (Å²) in [5.74, 6) is 1.06. The van der Waals surface area contributed by atoms with Gasteiger partial charge in [0.1, 0.15) is 17.2 Å². The molecule has 0 saturated heterocycles. The van der Waals surface area contributed by atoms with Crippen LogP contribution in [0, 0.1) is 0 Å². The SMILES string of the molecule is Oc1c(-c2ccccc2)cccc1-c1cc(-c2ccccc2)cc(-c2cccc(-n3c4ccccc4c4cccnc43)n2)c1. The molecule has 1 N–H and O–H groups in total. The summed E-state index contributed by atoms with van der Waals surface area (Å²) in [5.41, 5.74) is 9.34. The van der Waals surface area contributed by atoms with Gasteiger partial charge in [0, 0.05) is 33.7 Å². The molecule has 208 valence electrons. The Balaban J connectivity index is 1.32. The topological polar surface area (TPSA) is 50.9 Å². The fourth-order valence-corrected chi connectivity index (χ4v) is 6.09. The maximum Gasteiger partial charge on any atom is 0.146 e. The normalized spacial score (nSPS) is 11.3. The smallest absolute Gasteiger partial charge is 0.146 e. The second kappa shape index (κ2) is 10.7. The Morgan fingerprint density at radius 1 is 0.477 bits per heavy atom. The Morgan fingerprint density at radius 2 is 1.11 bits per heavy atom. The van der Waals surface area contributed by atoms with E-state index in [0.29, 0.717) is 0 Å². The first-order chi connectivity index (χ1) is 21.7. The molecule has 0 atom stereocenters. The Kier molecular flexibility index (Phi) is 6.24. The summed E-state index contributed by atoms with van der Waals surface area (Å²) in [6.45, 7) is 0. The third-order valence-electron chi connectivity index (χ3n) is 8.16. The number of phenolic OH excluding ortho intramolecular Hbond substituents is 1. The number of phenols is 1. The molecule has 44 heavy (non-hydrogen) atoms. The summed E-state index contributed by atoms with van der Waals surface area (Å²) in [6.07, 6.45) is 1.83. The highest BCUT2D eigenvalue weighted by Crippen LogP contribution is 2.41. The van der Waals surface area contributed by atoms with Crippen LogP contribution in [0.2, 0.25) is 0 Å². The van der Waals surface area contributed by atoms with Gasteiger partial charge in [0.25, 0.3) is 0 Å². The van der Waals surface area contributed by atoms with E-state index in [0.717, 1.165) is 72.4 Å². The molecular weight excluding hydrogens is 538 g/mol. The lowest BCUT2D eigenvalue weighted by molar-refractivity contribution is 0.479. The van der Waals surface area contributed by atoms with Crippen molar-refractivity contribution in [2.45, 2.75) is 0 Å². The summed E-state index contributed by atoms with van der Waals surface area (Å²) >= 11 is 0. The third kappa shape index (κ3) is 4.41. The van der Waals surface area contributed by atoms with E-state index < -0.39 is 0 Å². The number of fused-ring (bicyclic) bond motifs is 3. The molecule has 8 aromatic rings. The summed E-state index contributed by atoms with van der Waals surface area (Å²) in [7, 11) is 0. The lowest BCUT2D eigenvalue weighted by Gasteiger charge is -2.15. The maximum atomic E-state index is 11.6. The summed E-state index contributed by atoms with van der Waals surface area (Å²) in [4.78, 5) is 9.95. The Morgan fingerprint density at radius 3 is 1.93 bits per heavy atom. The van der Waals surface area contributed by atoms with Crippen LogP contribution in [0.3, 0.4) is 0 Å². The van der Waals surface area contributed by atoms with Crippen LogP contribution in [0.4, 0.5) is 0 Å². The molecular formula is C40H27N3O. The van der Waals surface area contributed by atoms with E-state index in [9.17, 15) is 5.11 Å². The number of rotatable bonds is 5. The molecule has 0 fully saturated rings. The summed E-state index contributed by atoms with van der Waals surface area (Å²) < 4.78 is 2.13. The second-order valence-electron chi connectivity index (χ2n) is 10.8. The largest absolute Gasteiger partial charge is 0.507 e. The number of benzene rings is 5. The van der Waals surface area contributed by atoms with Gasteiger partial charge >= 0.3 is 0 Å². The van der Waals surface area contributed by atoms with Crippen LogP contribution in [0.1, 0.15) is 0 Å². The van der Waals surface area contributed by atoms with Crippen molar-refractivity contribution in [2.24, 2.45) is 0 Å². The number of aromatic nitrogens is 3. The molecule has 0 bridgehead atoms. The molecule has 4 nitrogen and oxygen atoms in total. The Bertz CT molecular complexity index is 2240. The number of pyridine rings is 2. The van der Waals surface area contributed by atoms with Crippen LogP contribution in [-0.2, 0) is 0 Å². The van der Waals surface area contributed by atoms with Gasteiger partial charge in [-0.05, 0) is 70.8 Å².